The van der Waals surface area contributed by atoms with Gasteiger partial charge in [0.2, 0.25) is 0 Å². The predicted octanol–water partition coefficient (Wildman–Crippen LogP) is 4.19. The van der Waals surface area contributed by atoms with Crippen LogP contribution in [0.15, 0.2) is 12.1 Å². The van der Waals surface area contributed by atoms with E-state index in [1.54, 1.807) is 0 Å². The molecule has 0 saturated carbocycles. The number of hydrogen-bond acceptors (Lipinski definition) is 1. The number of rotatable bonds is 4. The molecule has 0 atom stereocenters. The number of alkyl halides is 3. The molecular weight excluding hydrogens is 227 g/mol. The predicted molar refractivity (Wildman–Crippen MR) is 63.8 cm³/mol. The average molecular weight is 245 g/mol. The molecule has 0 amide bonds. The highest BCUT2D eigenvalue weighted by Gasteiger charge is 2.34. The smallest absolute Gasteiger partial charge is 0.398 e. The summed E-state index contributed by atoms with van der Waals surface area (Å²) in [6.45, 7) is 3.81. The number of benzene rings is 1. The fraction of sp³-hybridized carbons (Fsp3) is 0.538. The molecule has 17 heavy (non-hydrogen) atoms. The Bertz CT molecular complexity index is 383. The molecule has 0 unspecified atom stereocenters. The quantitative estimate of drug-likeness (QED) is 0.791. The third kappa shape index (κ3) is 3.14. The highest BCUT2D eigenvalue weighted by atomic mass is 19.4. The zero-order valence-corrected chi connectivity index (χ0v) is 10.2. The van der Waals surface area contributed by atoms with Gasteiger partial charge in [0, 0.05) is 5.69 Å². The van der Waals surface area contributed by atoms with Crippen molar-refractivity contribution in [1.29, 1.82) is 0 Å². The van der Waals surface area contributed by atoms with Gasteiger partial charge in [0.05, 0.1) is 5.56 Å². The van der Waals surface area contributed by atoms with Gasteiger partial charge in [-0.3, -0.25) is 0 Å². The maximum Gasteiger partial charge on any atom is 0.416 e. The lowest BCUT2D eigenvalue weighted by molar-refractivity contribution is -0.138. The van der Waals surface area contributed by atoms with Crippen molar-refractivity contribution in [3.8, 4) is 0 Å². The van der Waals surface area contributed by atoms with Crippen LogP contribution in [-0.2, 0) is 19.0 Å². The Hall–Kier alpha value is -1.19. The van der Waals surface area contributed by atoms with Crippen LogP contribution in [0.1, 0.15) is 43.4 Å². The van der Waals surface area contributed by atoms with E-state index in [2.05, 4.69) is 0 Å². The van der Waals surface area contributed by atoms with Crippen LogP contribution in [0.25, 0.3) is 0 Å². The monoisotopic (exact) mass is 245 g/mol. The fourth-order valence-corrected chi connectivity index (χ4v) is 2.06. The topological polar surface area (TPSA) is 26.0 Å². The van der Waals surface area contributed by atoms with Crippen LogP contribution in [0.2, 0.25) is 0 Å². The van der Waals surface area contributed by atoms with Gasteiger partial charge in [-0.25, -0.2) is 0 Å². The summed E-state index contributed by atoms with van der Waals surface area (Å²) in [6, 6.07) is 2.46. The molecule has 0 heterocycles. The summed E-state index contributed by atoms with van der Waals surface area (Å²) in [5.74, 6) is 0. The first kappa shape index (κ1) is 13.9. The molecule has 96 valence electrons. The van der Waals surface area contributed by atoms with E-state index in [1.807, 2.05) is 13.8 Å². The number of hydrogen-bond donors (Lipinski definition) is 1. The Labute approximate surface area is 99.8 Å². The summed E-state index contributed by atoms with van der Waals surface area (Å²) < 4.78 is 38.6. The highest BCUT2D eigenvalue weighted by Crippen LogP contribution is 2.36. The van der Waals surface area contributed by atoms with Crippen LogP contribution < -0.4 is 5.73 Å². The largest absolute Gasteiger partial charge is 0.416 e. The second-order valence-electron chi connectivity index (χ2n) is 4.16. The maximum atomic E-state index is 12.9. The van der Waals surface area contributed by atoms with E-state index in [0.29, 0.717) is 36.1 Å². The second kappa shape index (κ2) is 5.43. The molecule has 4 heteroatoms. The lowest BCUT2D eigenvalue weighted by Crippen LogP contribution is -2.13. The summed E-state index contributed by atoms with van der Waals surface area (Å²) in [5.41, 5.74) is 6.77. The van der Waals surface area contributed by atoms with Gasteiger partial charge in [-0.15, -0.1) is 0 Å². The number of nitrogen functional groups attached to an aromatic ring is 1. The van der Waals surface area contributed by atoms with Gasteiger partial charge >= 0.3 is 6.18 Å². The molecule has 0 spiro atoms. The Morgan fingerprint density at radius 1 is 1.00 bits per heavy atom. The molecule has 0 fully saturated rings. The molecule has 0 aromatic heterocycles. The van der Waals surface area contributed by atoms with Gasteiger partial charge in [-0.1, -0.05) is 26.7 Å². The molecule has 1 rings (SSSR count). The van der Waals surface area contributed by atoms with E-state index in [9.17, 15) is 13.2 Å². The summed E-state index contributed by atoms with van der Waals surface area (Å²) in [4.78, 5) is 0. The minimum Gasteiger partial charge on any atom is -0.398 e. The van der Waals surface area contributed by atoms with Gasteiger partial charge in [-0.05, 0) is 36.1 Å². The van der Waals surface area contributed by atoms with Gasteiger partial charge < -0.3 is 5.73 Å². The summed E-state index contributed by atoms with van der Waals surface area (Å²) in [5, 5.41) is 0. The van der Waals surface area contributed by atoms with Crippen molar-refractivity contribution in [2.45, 2.75) is 45.7 Å². The third-order valence-electron chi connectivity index (χ3n) is 2.77. The van der Waals surface area contributed by atoms with Crippen LogP contribution in [0.4, 0.5) is 18.9 Å². The SMILES string of the molecule is CCCc1c(N)ccc(C(F)(F)F)c1CCC. The maximum absolute atomic E-state index is 12.9. The van der Waals surface area contributed by atoms with Gasteiger partial charge in [0.1, 0.15) is 0 Å². The Balaban J connectivity index is 3.36. The summed E-state index contributed by atoms with van der Waals surface area (Å²) in [6.07, 6.45) is -1.79. The number of halogens is 3. The lowest BCUT2D eigenvalue weighted by atomic mass is 9.93. The molecule has 2 N–H and O–H groups in total. The van der Waals surface area contributed by atoms with Crippen molar-refractivity contribution < 1.29 is 13.2 Å². The van der Waals surface area contributed by atoms with Crippen LogP contribution in [0, 0.1) is 0 Å². The van der Waals surface area contributed by atoms with Crippen molar-refractivity contribution in [2.75, 3.05) is 5.73 Å². The molecule has 1 aromatic rings. The van der Waals surface area contributed by atoms with Crippen LogP contribution >= 0.6 is 0 Å². The summed E-state index contributed by atoms with van der Waals surface area (Å²) in [7, 11) is 0. The van der Waals surface area contributed by atoms with E-state index in [4.69, 9.17) is 5.73 Å². The zero-order valence-electron chi connectivity index (χ0n) is 10.2. The minimum atomic E-state index is -4.29. The molecule has 1 nitrogen and oxygen atoms in total. The standard InChI is InChI=1S/C13H18F3N/c1-3-5-9-10(6-4-2)12(17)8-7-11(9)13(14,15)16/h7-8H,3-6,17H2,1-2H3. The van der Waals surface area contributed by atoms with Crippen LogP contribution in [0.5, 0.6) is 0 Å². The zero-order chi connectivity index (χ0) is 13.1. The highest BCUT2D eigenvalue weighted by molar-refractivity contribution is 5.55. The number of anilines is 1. The van der Waals surface area contributed by atoms with Crippen molar-refractivity contribution in [3.05, 3.63) is 28.8 Å². The normalized spacial score (nSPS) is 11.8. The molecule has 0 saturated heterocycles. The molecule has 0 aliphatic carbocycles. The number of nitrogens with two attached hydrogens (primary N) is 1. The Kier molecular flexibility index (Phi) is 4.43. The first-order chi connectivity index (χ1) is 7.91. The first-order valence-corrected chi connectivity index (χ1v) is 5.89. The van der Waals surface area contributed by atoms with Gasteiger partial charge in [0.25, 0.3) is 0 Å². The molecule has 0 aliphatic rings. The van der Waals surface area contributed by atoms with Crippen LogP contribution in [0.3, 0.4) is 0 Å². The molecule has 0 bridgehead atoms. The molecular formula is C13H18F3N. The van der Waals surface area contributed by atoms with E-state index < -0.39 is 11.7 Å². The fourth-order valence-electron chi connectivity index (χ4n) is 2.06. The van der Waals surface area contributed by atoms with Crippen molar-refractivity contribution >= 4 is 5.69 Å². The minimum absolute atomic E-state index is 0.377. The van der Waals surface area contributed by atoms with Gasteiger partial charge in [0.15, 0.2) is 0 Å². The Morgan fingerprint density at radius 3 is 2.00 bits per heavy atom. The third-order valence-corrected chi connectivity index (χ3v) is 2.77. The van der Waals surface area contributed by atoms with E-state index in [0.717, 1.165) is 12.5 Å². The van der Waals surface area contributed by atoms with Crippen molar-refractivity contribution in [2.24, 2.45) is 0 Å². The van der Waals surface area contributed by atoms with E-state index in [1.165, 1.54) is 6.07 Å². The van der Waals surface area contributed by atoms with E-state index >= 15 is 0 Å². The van der Waals surface area contributed by atoms with Crippen molar-refractivity contribution in [3.63, 3.8) is 0 Å². The molecule has 0 aliphatic heterocycles. The first-order valence-electron chi connectivity index (χ1n) is 5.89. The Morgan fingerprint density at radius 2 is 1.53 bits per heavy atom. The molecule has 1 aromatic carbocycles. The van der Waals surface area contributed by atoms with E-state index in [-0.39, 0.29) is 0 Å². The van der Waals surface area contributed by atoms with Gasteiger partial charge in [-0.2, -0.15) is 13.2 Å². The van der Waals surface area contributed by atoms with Crippen molar-refractivity contribution in [1.82, 2.24) is 0 Å². The molecule has 0 radical (unpaired) electrons. The summed E-state index contributed by atoms with van der Waals surface area (Å²) >= 11 is 0. The van der Waals surface area contributed by atoms with Crippen LogP contribution in [-0.4, -0.2) is 0 Å². The average Bonchev–Trinajstić information content (AvgIpc) is 2.22. The lowest BCUT2D eigenvalue weighted by Gasteiger charge is -2.18. The second-order valence-corrected chi connectivity index (χ2v) is 4.16.